The van der Waals surface area contributed by atoms with E-state index in [2.05, 4.69) is 4.72 Å². The predicted octanol–water partition coefficient (Wildman–Crippen LogP) is 4.11. The van der Waals surface area contributed by atoms with Crippen molar-refractivity contribution in [3.05, 3.63) is 95.3 Å². The Morgan fingerprint density at radius 2 is 1.64 bits per heavy atom. The summed E-state index contributed by atoms with van der Waals surface area (Å²) in [4.78, 5) is 11.3. The van der Waals surface area contributed by atoms with Gasteiger partial charge in [-0.25, -0.2) is 17.6 Å². The molecule has 0 aliphatic carbocycles. The average Bonchev–Trinajstić information content (AvgIpc) is 2.67. The summed E-state index contributed by atoms with van der Waals surface area (Å²) in [6.07, 6.45) is 1.06. The van der Waals surface area contributed by atoms with Crippen molar-refractivity contribution in [1.82, 2.24) is 0 Å². The van der Waals surface area contributed by atoms with Gasteiger partial charge in [-0.05, 0) is 66.4 Å². The van der Waals surface area contributed by atoms with E-state index in [1.165, 1.54) is 12.1 Å². The van der Waals surface area contributed by atoms with Crippen LogP contribution in [-0.4, -0.2) is 19.5 Å². The van der Waals surface area contributed by atoms with Gasteiger partial charge in [0.25, 0.3) is 10.0 Å². The zero-order valence-electron chi connectivity index (χ0n) is 14.8. The van der Waals surface area contributed by atoms with E-state index in [0.717, 1.165) is 17.7 Å². The van der Waals surface area contributed by atoms with Crippen LogP contribution >= 0.6 is 0 Å². The largest absolute Gasteiger partial charge is 0.478 e. The van der Waals surface area contributed by atoms with Gasteiger partial charge in [-0.15, -0.1) is 0 Å². The second-order valence-corrected chi connectivity index (χ2v) is 7.90. The molecule has 7 heteroatoms. The van der Waals surface area contributed by atoms with Crippen molar-refractivity contribution in [3.8, 4) is 0 Å². The number of carbonyl (C=O) groups is 1. The molecule has 144 valence electrons. The summed E-state index contributed by atoms with van der Waals surface area (Å²) < 4.78 is 40.3. The Morgan fingerprint density at radius 1 is 0.929 bits per heavy atom. The number of sulfonamides is 1. The molecule has 0 saturated carbocycles. The van der Waals surface area contributed by atoms with Gasteiger partial charge in [0.15, 0.2) is 0 Å². The number of benzene rings is 3. The van der Waals surface area contributed by atoms with Gasteiger partial charge in [-0.2, -0.15) is 0 Å². The molecule has 3 rings (SSSR count). The highest BCUT2D eigenvalue weighted by Crippen LogP contribution is 2.19. The standard InChI is InChI=1S/C21H18FNO4S/c22-17-10-12-19(13-11-17)28(26,27)23-18-6-3-4-15(14-18)8-9-16-5-1-2-7-20(16)21(24)25/h1-7,10-14,23H,8-9H2,(H,24,25). The molecule has 0 aromatic heterocycles. The third kappa shape index (κ3) is 4.75. The van der Waals surface area contributed by atoms with Gasteiger partial charge in [0.1, 0.15) is 5.82 Å². The molecular weight excluding hydrogens is 381 g/mol. The molecule has 0 atom stereocenters. The number of aromatic carboxylic acids is 1. The number of hydrogen-bond acceptors (Lipinski definition) is 3. The van der Waals surface area contributed by atoms with E-state index in [9.17, 15) is 22.7 Å². The lowest BCUT2D eigenvalue weighted by molar-refractivity contribution is 0.0695. The number of hydrogen-bond donors (Lipinski definition) is 2. The van der Waals surface area contributed by atoms with E-state index in [4.69, 9.17) is 0 Å². The zero-order valence-corrected chi connectivity index (χ0v) is 15.6. The molecular formula is C21H18FNO4S. The smallest absolute Gasteiger partial charge is 0.335 e. The third-order valence-corrected chi connectivity index (χ3v) is 5.63. The van der Waals surface area contributed by atoms with Crippen molar-refractivity contribution in [1.29, 1.82) is 0 Å². The van der Waals surface area contributed by atoms with Crippen LogP contribution < -0.4 is 4.72 Å². The SMILES string of the molecule is O=C(O)c1ccccc1CCc1cccc(NS(=O)(=O)c2ccc(F)cc2)c1. The molecule has 0 amide bonds. The minimum Gasteiger partial charge on any atom is -0.478 e. The van der Waals surface area contributed by atoms with Crippen LogP contribution in [0.15, 0.2) is 77.7 Å². The maximum Gasteiger partial charge on any atom is 0.335 e. The van der Waals surface area contributed by atoms with Gasteiger partial charge in [-0.3, -0.25) is 4.72 Å². The Morgan fingerprint density at radius 3 is 2.36 bits per heavy atom. The first-order chi connectivity index (χ1) is 13.3. The van der Waals surface area contributed by atoms with Crippen LogP contribution in [0.5, 0.6) is 0 Å². The zero-order chi connectivity index (χ0) is 20.1. The van der Waals surface area contributed by atoms with Crippen LogP contribution in [0.3, 0.4) is 0 Å². The van der Waals surface area contributed by atoms with Gasteiger partial charge >= 0.3 is 5.97 Å². The number of halogens is 1. The summed E-state index contributed by atoms with van der Waals surface area (Å²) in [7, 11) is -3.83. The second-order valence-electron chi connectivity index (χ2n) is 6.22. The highest BCUT2D eigenvalue weighted by molar-refractivity contribution is 7.92. The summed E-state index contributed by atoms with van der Waals surface area (Å²) in [6, 6.07) is 18.3. The summed E-state index contributed by atoms with van der Waals surface area (Å²) in [5.41, 5.74) is 2.22. The lowest BCUT2D eigenvalue weighted by Crippen LogP contribution is -2.13. The Balaban J connectivity index is 1.74. The minimum atomic E-state index is -3.83. The first-order valence-electron chi connectivity index (χ1n) is 8.54. The van der Waals surface area contributed by atoms with Crippen molar-refractivity contribution in [2.45, 2.75) is 17.7 Å². The number of aryl methyl sites for hydroxylation is 2. The van der Waals surface area contributed by atoms with Gasteiger partial charge in [0, 0.05) is 5.69 Å². The Hall–Kier alpha value is -3.19. The lowest BCUT2D eigenvalue weighted by Gasteiger charge is -2.10. The number of rotatable bonds is 7. The maximum atomic E-state index is 13.0. The molecule has 0 unspecified atom stereocenters. The van der Waals surface area contributed by atoms with Crippen LogP contribution in [0.25, 0.3) is 0 Å². The second kappa shape index (κ2) is 8.22. The summed E-state index contributed by atoms with van der Waals surface area (Å²) >= 11 is 0. The molecule has 0 aliphatic rings. The molecule has 0 bridgehead atoms. The molecule has 3 aromatic rings. The minimum absolute atomic E-state index is 0.0327. The average molecular weight is 399 g/mol. The monoisotopic (exact) mass is 399 g/mol. The third-order valence-electron chi connectivity index (χ3n) is 4.23. The fourth-order valence-electron chi connectivity index (χ4n) is 2.84. The van der Waals surface area contributed by atoms with E-state index >= 15 is 0 Å². The van der Waals surface area contributed by atoms with Gasteiger partial charge in [-0.1, -0.05) is 30.3 Å². The van der Waals surface area contributed by atoms with Crippen LogP contribution in [0.1, 0.15) is 21.5 Å². The lowest BCUT2D eigenvalue weighted by atomic mass is 10.00. The van der Waals surface area contributed by atoms with Crippen molar-refractivity contribution < 1.29 is 22.7 Å². The molecule has 0 aliphatic heterocycles. The molecule has 0 spiro atoms. The predicted molar refractivity (Wildman–Crippen MR) is 104 cm³/mol. The first kappa shape index (κ1) is 19.6. The topological polar surface area (TPSA) is 83.5 Å². The van der Waals surface area contributed by atoms with Crippen LogP contribution in [0.4, 0.5) is 10.1 Å². The van der Waals surface area contributed by atoms with Gasteiger partial charge in [0.2, 0.25) is 0 Å². The quantitative estimate of drug-likeness (QED) is 0.626. The number of carboxylic acid groups (broad SMARTS) is 1. The van der Waals surface area contributed by atoms with Gasteiger partial charge in [0.05, 0.1) is 10.5 Å². The molecule has 0 saturated heterocycles. The Bertz CT molecular complexity index is 1100. The van der Waals surface area contributed by atoms with E-state index in [1.807, 2.05) is 6.07 Å². The first-order valence-corrected chi connectivity index (χ1v) is 10.0. The summed E-state index contributed by atoms with van der Waals surface area (Å²) in [6.45, 7) is 0. The van der Waals surface area contributed by atoms with Crippen molar-refractivity contribution >= 4 is 21.7 Å². The van der Waals surface area contributed by atoms with Crippen LogP contribution in [-0.2, 0) is 22.9 Å². The highest BCUT2D eigenvalue weighted by Gasteiger charge is 2.14. The molecule has 0 radical (unpaired) electrons. The molecule has 3 aromatic carbocycles. The van der Waals surface area contributed by atoms with Crippen molar-refractivity contribution in [3.63, 3.8) is 0 Å². The molecule has 0 heterocycles. The van der Waals surface area contributed by atoms with Crippen LogP contribution in [0.2, 0.25) is 0 Å². The number of anilines is 1. The van der Waals surface area contributed by atoms with E-state index in [-0.39, 0.29) is 10.5 Å². The van der Waals surface area contributed by atoms with Gasteiger partial charge < -0.3 is 5.11 Å². The Labute approximate surface area is 162 Å². The van der Waals surface area contributed by atoms with E-state index < -0.39 is 21.8 Å². The molecule has 2 N–H and O–H groups in total. The van der Waals surface area contributed by atoms with Crippen molar-refractivity contribution in [2.75, 3.05) is 4.72 Å². The molecule has 0 fully saturated rings. The number of nitrogens with one attached hydrogen (secondary N) is 1. The van der Waals surface area contributed by atoms with Crippen molar-refractivity contribution in [2.24, 2.45) is 0 Å². The highest BCUT2D eigenvalue weighted by atomic mass is 32.2. The maximum absolute atomic E-state index is 13.0. The Kier molecular flexibility index (Phi) is 5.75. The summed E-state index contributed by atoms with van der Waals surface area (Å²) in [5, 5.41) is 9.26. The van der Waals surface area contributed by atoms with E-state index in [1.54, 1.807) is 42.5 Å². The van der Waals surface area contributed by atoms with Crippen LogP contribution in [0, 0.1) is 5.82 Å². The number of carboxylic acids is 1. The van der Waals surface area contributed by atoms with E-state index in [0.29, 0.717) is 24.1 Å². The molecule has 28 heavy (non-hydrogen) atoms. The molecule has 5 nitrogen and oxygen atoms in total. The fraction of sp³-hybridized carbons (Fsp3) is 0.0952. The summed E-state index contributed by atoms with van der Waals surface area (Å²) in [5.74, 6) is -1.49. The fourth-order valence-corrected chi connectivity index (χ4v) is 3.89. The normalized spacial score (nSPS) is 11.2.